The molecule has 0 spiro atoms. The molecule has 5 amide bonds. The molecular formula is C97H103B2BrCl2N20O13. The average molecular weight is 1930 g/mol. The van der Waals surface area contributed by atoms with Crippen LogP contribution < -0.4 is 58.9 Å². The van der Waals surface area contributed by atoms with Gasteiger partial charge in [0.05, 0.1) is 63.2 Å². The van der Waals surface area contributed by atoms with Gasteiger partial charge in [0, 0.05) is 183 Å². The van der Waals surface area contributed by atoms with Crippen LogP contribution >= 0.6 is 39.1 Å². The maximum atomic E-state index is 13.2. The first-order chi connectivity index (χ1) is 64.3. The van der Waals surface area contributed by atoms with E-state index in [4.69, 9.17) is 73.6 Å². The van der Waals surface area contributed by atoms with E-state index in [0.717, 1.165) is 85.2 Å². The molecule has 38 heteroatoms. The Balaban J connectivity index is 0.000000143. The molecule has 0 unspecified atom stereocenters. The number of ether oxygens (including phenoxy) is 2. The number of halogens is 3. The topological polar surface area (TPSA) is 429 Å². The van der Waals surface area contributed by atoms with E-state index in [-0.39, 0.29) is 81.9 Å². The predicted octanol–water partition coefficient (Wildman–Crippen LogP) is 13.4. The fraction of sp³-hybridized carbons (Fsp3) is 0.278. The van der Waals surface area contributed by atoms with Crippen molar-refractivity contribution in [3.63, 3.8) is 0 Å². The zero-order valence-electron chi connectivity index (χ0n) is 76.2. The number of aromatic nitrogens is 11. The lowest BCUT2D eigenvalue weighted by Crippen LogP contribution is -2.41. The maximum Gasteiger partial charge on any atom is 0.494 e. The Kier molecular flexibility index (Phi) is 30.5. The number of nitrogens with zero attached hydrogens (tertiary/aromatic N) is 13. The average Bonchev–Trinajstić information content (AvgIpc) is 1.62. The van der Waals surface area contributed by atoms with E-state index < -0.39 is 31.4 Å². The minimum atomic E-state index is -0.935. The number of likely N-dealkylation sites (tertiary alicyclic amines) is 2. The number of pyridine rings is 5. The van der Waals surface area contributed by atoms with Gasteiger partial charge in [-0.15, -0.1) is 0 Å². The van der Waals surface area contributed by atoms with Crippen LogP contribution in [0.3, 0.4) is 0 Å². The van der Waals surface area contributed by atoms with Crippen molar-refractivity contribution < 1.29 is 62.0 Å². The highest BCUT2D eigenvalue weighted by molar-refractivity contribution is 9.10. The normalized spacial score (nSPS) is 16.9. The maximum absolute atomic E-state index is 13.2. The van der Waals surface area contributed by atoms with Gasteiger partial charge in [0.15, 0.2) is 0 Å². The first kappa shape index (κ1) is 97.3. The van der Waals surface area contributed by atoms with Gasteiger partial charge in [-0.2, -0.15) is 15.3 Å². The Hall–Kier alpha value is -13.7. The molecule has 3 atom stereocenters. The third kappa shape index (κ3) is 24.7. The molecule has 33 nitrogen and oxygen atoms in total. The van der Waals surface area contributed by atoms with Crippen LogP contribution in [0.5, 0.6) is 23.0 Å². The predicted molar refractivity (Wildman–Crippen MR) is 521 cm³/mol. The molecule has 5 saturated heterocycles. The van der Waals surface area contributed by atoms with Crippen molar-refractivity contribution in [2.24, 2.45) is 21.1 Å². The SMILES string of the molecule is CC1(C)OB(c2ccc(C(=O)O)cc2)OC1(C)C.Clc1cc(Oc2ccc(Br)cc2)ccn1.Cn1cc(-c2cnc(N)c(C(=O)N[C@@H]3CCN(C(=O)c4ccc(-c5ccc(Oc6ccnc(Cl)c6)cc5)cc4)C3)c2)cn1.Cn1cc(-c2cnc(N)c(C(=O)N[C@@H]3CCN(C(=O)c4ccc(B5OC(C)(C)C(C)(C)O5)cc4)C3)c2)cn1.Cn1cc(-c2cnc(N)c(C(=O)N[C@@H]3CCNC3)c2)cn1. The molecule has 5 aliphatic heterocycles. The molecule has 13 heterocycles. The molecule has 0 bridgehead atoms. The number of nitrogens with one attached hydrogen (secondary N) is 4. The highest BCUT2D eigenvalue weighted by atomic mass is 79.9. The molecule has 0 radical (unpaired) electrons. The number of carboxylic acid groups (broad SMARTS) is 1. The fourth-order valence-corrected chi connectivity index (χ4v) is 15.5. The van der Waals surface area contributed by atoms with Crippen LogP contribution in [0.1, 0.15) is 137 Å². The van der Waals surface area contributed by atoms with E-state index in [1.807, 2.05) is 180 Å². The van der Waals surface area contributed by atoms with Gasteiger partial charge in [0.2, 0.25) is 0 Å². The molecule has 5 aromatic carbocycles. The third-order valence-electron chi connectivity index (χ3n) is 24.0. The second kappa shape index (κ2) is 42.2. The second-order valence-electron chi connectivity index (χ2n) is 34.9. The lowest BCUT2D eigenvalue weighted by Gasteiger charge is -2.32. The highest BCUT2D eigenvalue weighted by Gasteiger charge is 2.53. The van der Waals surface area contributed by atoms with Crippen LogP contribution in [0.25, 0.3) is 44.5 Å². The van der Waals surface area contributed by atoms with Gasteiger partial charge in [-0.1, -0.05) is 87.7 Å². The van der Waals surface area contributed by atoms with Gasteiger partial charge >= 0.3 is 20.2 Å². The lowest BCUT2D eigenvalue weighted by molar-refractivity contribution is 0.00578. The Bertz CT molecular complexity index is 6390. The monoisotopic (exact) mass is 1930 g/mol. The summed E-state index contributed by atoms with van der Waals surface area (Å²) in [6.07, 6.45) is 21.0. The van der Waals surface area contributed by atoms with Gasteiger partial charge in [-0.25, -0.2) is 29.7 Å². The van der Waals surface area contributed by atoms with Crippen LogP contribution in [0.4, 0.5) is 17.5 Å². The molecule has 5 aliphatic rings. The van der Waals surface area contributed by atoms with Crippen molar-refractivity contribution in [1.82, 2.24) is 85.3 Å². The largest absolute Gasteiger partial charge is 0.494 e. The summed E-state index contributed by atoms with van der Waals surface area (Å²) in [6, 6.07) is 48.4. The van der Waals surface area contributed by atoms with Crippen molar-refractivity contribution >= 4 is 117 Å². The standard InChI is InChI=1S/C32H28ClN7O3.C27H33BN6O4.C14H18N6O.C13H17BO4.C11H7BrClNO/c1-39-18-24(17-37-39)23-14-28(30(34)36-16-23)31(41)38-25-11-13-40(19-25)32(42)22-4-2-20(3-5-22)21-6-8-26(9-7-21)43-27-10-12-35-29(33)15-27;1-26(2)27(3,4)38-28(37-26)20-8-6-17(7-9-20)25(36)34-11-10-21(16-34)32-24(35)22-12-18(13-30-23(22)29)19-14-31-33(5)15-19;1-20-8-10(6-18-20)9-4-12(13(15)17-5-9)14(21)19-11-2-3-16-7-11;1-12(2)13(3,4)18-14(17-12)10-7-5-9(6-8-10)11(15)16;12-8-1-3-9(4-2-8)15-10-5-6-14-11(13)7-10/h2-10,12,14-18,25H,11,13,19H2,1H3,(H2,34,36)(H,38,41);6-9,12-15,21H,10-11,16H2,1-5H3,(H2,29,30)(H,32,35);4-6,8,11,16H,2-3,7H2,1H3,(H2,15,17)(H,19,21);5-8H,1-4H3,(H,15,16);1-7H/t25-;21-;11-;;/m111../s1. The summed E-state index contributed by atoms with van der Waals surface area (Å²) in [4.78, 5) is 99.5. The number of rotatable bonds is 19. The van der Waals surface area contributed by atoms with Gasteiger partial charge in [-0.05, 0) is 206 Å². The summed E-state index contributed by atoms with van der Waals surface area (Å²) in [7, 11) is 4.56. The second-order valence-corrected chi connectivity index (χ2v) is 36.6. The van der Waals surface area contributed by atoms with Crippen LogP contribution in [0.15, 0.2) is 236 Å². The fourth-order valence-electron chi connectivity index (χ4n) is 14.9. The summed E-state index contributed by atoms with van der Waals surface area (Å²) in [6.45, 7) is 19.6. The first-order valence-corrected chi connectivity index (χ1v) is 45.1. The van der Waals surface area contributed by atoms with Crippen molar-refractivity contribution in [3.05, 3.63) is 280 Å². The van der Waals surface area contributed by atoms with E-state index in [2.05, 4.69) is 77.4 Å². The zero-order valence-corrected chi connectivity index (χ0v) is 79.3. The van der Waals surface area contributed by atoms with Crippen molar-refractivity contribution in [2.45, 2.75) is 115 Å². The number of nitrogens with two attached hydrogens (primary N) is 3. The van der Waals surface area contributed by atoms with Gasteiger partial charge in [0.25, 0.3) is 29.5 Å². The molecular weight excluding hydrogens is 1830 g/mol. The molecule has 0 aliphatic carbocycles. The van der Waals surface area contributed by atoms with E-state index in [1.54, 1.807) is 152 Å². The molecule has 8 aromatic heterocycles. The summed E-state index contributed by atoms with van der Waals surface area (Å²) in [5.74, 6) is 1.36. The molecule has 11 N–H and O–H groups in total. The Morgan fingerprint density at radius 1 is 0.430 bits per heavy atom. The number of anilines is 3. The van der Waals surface area contributed by atoms with E-state index in [0.29, 0.717) is 94.4 Å². The first-order valence-electron chi connectivity index (χ1n) is 43.5. The number of carbonyl (C=O) groups excluding carboxylic acids is 5. The number of hydrogen-bond acceptors (Lipinski definition) is 24. The summed E-state index contributed by atoms with van der Waals surface area (Å²) < 4.78 is 41.5. The molecule has 135 heavy (non-hydrogen) atoms. The minimum absolute atomic E-state index is 0.0807. The zero-order chi connectivity index (χ0) is 96.2. The molecule has 5 fully saturated rings. The molecule has 18 rings (SSSR count). The Morgan fingerprint density at radius 2 is 0.770 bits per heavy atom. The quantitative estimate of drug-likeness (QED) is 0.0275. The third-order valence-corrected chi connectivity index (χ3v) is 24.9. The van der Waals surface area contributed by atoms with Crippen LogP contribution in [0.2, 0.25) is 10.3 Å². The number of carbonyl (C=O) groups is 6. The number of benzene rings is 5. The van der Waals surface area contributed by atoms with Gasteiger partial charge < -0.3 is 81.5 Å². The van der Waals surface area contributed by atoms with E-state index in [9.17, 15) is 28.8 Å². The van der Waals surface area contributed by atoms with Crippen LogP contribution in [-0.2, 0) is 39.8 Å². The molecule has 13 aromatic rings. The summed E-state index contributed by atoms with van der Waals surface area (Å²) in [5, 5.41) is 34.3. The Labute approximate surface area is 800 Å². The van der Waals surface area contributed by atoms with Crippen molar-refractivity contribution in [1.29, 1.82) is 0 Å². The van der Waals surface area contributed by atoms with Crippen molar-refractivity contribution in [2.75, 3.05) is 56.5 Å². The van der Waals surface area contributed by atoms with Gasteiger partial charge in [-0.3, -0.25) is 38.0 Å². The molecule has 0 saturated carbocycles. The summed E-state index contributed by atoms with van der Waals surface area (Å²) in [5.41, 5.74) is 27.3. The number of hydrogen-bond donors (Lipinski definition) is 8. The highest BCUT2D eigenvalue weighted by Crippen LogP contribution is 2.39. The minimum Gasteiger partial charge on any atom is -0.478 e. The smallest absolute Gasteiger partial charge is 0.478 e. The Morgan fingerprint density at radius 3 is 1.10 bits per heavy atom. The van der Waals surface area contributed by atoms with E-state index >= 15 is 0 Å². The van der Waals surface area contributed by atoms with Crippen molar-refractivity contribution in [3.8, 4) is 67.5 Å². The number of amides is 5. The van der Waals surface area contributed by atoms with Gasteiger partial charge in [0.1, 0.15) is 50.8 Å². The van der Waals surface area contributed by atoms with Crippen LogP contribution in [0, 0.1) is 0 Å². The number of aryl methyl sites for hydroxylation is 3. The lowest BCUT2D eigenvalue weighted by atomic mass is 9.79. The number of aromatic carboxylic acids is 1. The number of nitrogen functional groups attached to an aromatic ring is 3. The van der Waals surface area contributed by atoms with Crippen LogP contribution in [-0.4, -0.2) is 199 Å². The molecule has 696 valence electrons. The number of carboxylic acids is 1. The van der Waals surface area contributed by atoms with E-state index in [1.165, 1.54) is 0 Å². The summed E-state index contributed by atoms with van der Waals surface area (Å²) >= 11 is 15.0.